The lowest BCUT2D eigenvalue weighted by Crippen LogP contribution is -2.22. The summed E-state index contributed by atoms with van der Waals surface area (Å²) in [6.45, 7) is 0. The number of aliphatic hydroxyl groups is 1. The summed E-state index contributed by atoms with van der Waals surface area (Å²) in [7, 11) is 0. The van der Waals surface area contributed by atoms with Gasteiger partial charge in [-0.2, -0.15) is 0 Å². The Bertz CT molecular complexity index is 332. The summed E-state index contributed by atoms with van der Waals surface area (Å²) in [6.07, 6.45) is -1.57. The molecule has 2 N–H and O–H groups in total. The molecule has 1 aromatic rings. The van der Waals surface area contributed by atoms with E-state index in [1.54, 1.807) is 18.2 Å². The van der Waals surface area contributed by atoms with E-state index in [1.165, 1.54) is 0 Å². The lowest BCUT2D eigenvalue weighted by Gasteiger charge is -2.08. The van der Waals surface area contributed by atoms with Crippen LogP contribution in [0.2, 0.25) is 10.0 Å². The minimum atomic E-state index is -1.48. The number of benzene rings is 1. The van der Waals surface area contributed by atoms with Crippen LogP contribution in [0.5, 0.6) is 0 Å². The van der Waals surface area contributed by atoms with Gasteiger partial charge in [0.2, 0.25) is 0 Å². The Hall–Kier alpha value is -0.770. The van der Waals surface area contributed by atoms with E-state index in [-0.39, 0.29) is 6.42 Å². The highest BCUT2D eigenvalue weighted by Crippen LogP contribution is 2.25. The van der Waals surface area contributed by atoms with E-state index in [9.17, 15) is 4.79 Å². The maximum atomic E-state index is 10.4. The average molecular weight is 235 g/mol. The molecule has 0 amide bonds. The fourth-order valence-corrected chi connectivity index (χ4v) is 1.56. The van der Waals surface area contributed by atoms with Crippen molar-refractivity contribution in [3.63, 3.8) is 0 Å². The molecule has 0 aromatic heterocycles. The zero-order valence-electron chi connectivity index (χ0n) is 7.08. The SMILES string of the molecule is O=C(O)C(O)Cc1c(Cl)cccc1Cl. The second kappa shape index (κ2) is 4.64. The summed E-state index contributed by atoms with van der Waals surface area (Å²) in [5.74, 6) is -1.29. The third-order valence-electron chi connectivity index (χ3n) is 1.74. The molecule has 1 rings (SSSR count). The first-order valence-electron chi connectivity index (χ1n) is 3.86. The molecular formula is C9H8Cl2O3. The lowest BCUT2D eigenvalue weighted by molar-refractivity contribution is -0.146. The Labute approximate surface area is 90.9 Å². The van der Waals surface area contributed by atoms with Gasteiger partial charge < -0.3 is 10.2 Å². The molecule has 14 heavy (non-hydrogen) atoms. The number of hydrogen-bond donors (Lipinski definition) is 2. The molecule has 0 aliphatic heterocycles. The Morgan fingerprint density at radius 3 is 2.29 bits per heavy atom. The average Bonchev–Trinajstić information content (AvgIpc) is 2.11. The Balaban J connectivity index is 2.91. The molecule has 0 bridgehead atoms. The number of carboxylic acids is 1. The van der Waals surface area contributed by atoms with Crippen molar-refractivity contribution in [3.8, 4) is 0 Å². The molecule has 76 valence electrons. The van der Waals surface area contributed by atoms with Gasteiger partial charge in [0, 0.05) is 16.5 Å². The normalized spacial score (nSPS) is 12.5. The van der Waals surface area contributed by atoms with E-state index in [4.69, 9.17) is 33.4 Å². The largest absolute Gasteiger partial charge is 0.479 e. The van der Waals surface area contributed by atoms with E-state index >= 15 is 0 Å². The highest BCUT2D eigenvalue weighted by atomic mass is 35.5. The van der Waals surface area contributed by atoms with Gasteiger partial charge in [0.05, 0.1) is 0 Å². The highest BCUT2D eigenvalue weighted by Gasteiger charge is 2.17. The number of aliphatic hydroxyl groups excluding tert-OH is 1. The van der Waals surface area contributed by atoms with Gasteiger partial charge in [-0.3, -0.25) is 0 Å². The summed E-state index contributed by atoms with van der Waals surface area (Å²) in [6, 6.07) is 4.84. The van der Waals surface area contributed by atoms with Crippen molar-refractivity contribution in [3.05, 3.63) is 33.8 Å². The number of carbonyl (C=O) groups is 1. The van der Waals surface area contributed by atoms with Gasteiger partial charge in [-0.25, -0.2) is 4.79 Å². The van der Waals surface area contributed by atoms with Crippen LogP contribution in [0.25, 0.3) is 0 Å². The maximum Gasteiger partial charge on any atom is 0.332 e. The van der Waals surface area contributed by atoms with Gasteiger partial charge in [-0.1, -0.05) is 29.3 Å². The van der Waals surface area contributed by atoms with Crippen molar-refractivity contribution in [1.82, 2.24) is 0 Å². The highest BCUT2D eigenvalue weighted by molar-refractivity contribution is 6.36. The molecule has 0 heterocycles. The minimum absolute atomic E-state index is 0.0894. The van der Waals surface area contributed by atoms with Crippen molar-refractivity contribution in [1.29, 1.82) is 0 Å². The molecule has 3 nitrogen and oxygen atoms in total. The zero-order chi connectivity index (χ0) is 10.7. The van der Waals surface area contributed by atoms with Crippen LogP contribution >= 0.6 is 23.2 Å². The number of aliphatic carboxylic acids is 1. The third-order valence-corrected chi connectivity index (χ3v) is 2.45. The van der Waals surface area contributed by atoms with Gasteiger partial charge in [-0.15, -0.1) is 0 Å². The molecule has 0 fully saturated rings. The first-order chi connectivity index (χ1) is 6.52. The molecule has 5 heteroatoms. The Kier molecular flexibility index (Phi) is 3.75. The van der Waals surface area contributed by atoms with E-state index in [1.807, 2.05) is 0 Å². The number of hydrogen-bond acceptors (Lipinski definition) is 2. The van der Waals surface area contributed by atoms with E-state index < -0.39 is 12.1 Å². The first-order valence-corrected chi connectivity index (χ1v) is 4.61. The van der Waals surface area contributed by atoms with E-state index in [0.29, 0.717) is 15.6 Å². The van der Waals surface area contributed by atoms with Crippen LogP contribution in [-0.4, -0.2) is 22.3 Å². The quantitative estimate of drug-likeness (QED) is 0.842. The Morgan fingerprint density at radius 2 is 1.86 bits per heavy atom. The fourth-order valence-electron chi connectivity index (χ4n) is 1.01. The van der Waals surface area contributed by atoms with Crippen molar-refractivity contribution >= 4 is 29.2 Å². The van der Waals surface area contributed by atoms with Crippen LogP contribution in [0, 0.1) is 0 Å². The Morgan fingerprint density at radius 1 is 1.36 bits per heavy atom. The van der Waals surface area contributed by atoms with Gasteiger partial charge in [0.1, 0.15) is 0 Å². The molecule has 0 radical (unpaired) electrons. The van der Waals surface area contributed by atoms with Crippen LogP contribution in [0.15, 0.2) is 18.2 Å². The van der Waals surface area contributed by atoms with Crippen molar-refractivity contribution in [2.24, 2.45) is 0 Å². The summed E-state index contributed by atoms with van der Waals surface area (Å²) in [4.78, 5) is 10.4. The molecule has 0 spiro atoms. The summed E-state index contributed by atoms with van der Waals surface area (Å²) < 4.78 is 0. The van der Waals surface area contributed by atoms with Crippen LogP contribution in [0.1, 0.15) is 5.56 Å². The summed E-state index contributed by atoms with van der Waals surface area (Å²) >= 11 is 11.6. The molecule has 1 unspecified atom stereocenters. The van der Waals surface area contributed by atoms with Gasteiger partial charge in [0.15, 0.2) is 6.10 Å². The van der Waals surface area contributed by atoms with Crippen molar-refractivity contribution in [2.45, 2.75) is 12.5 Å². The monoisotopic (exact) mass is 234 g/mol. The van der Waals surface area contributed by atoms with Gasteiger partial charge in [0.25, 0.3) is 0 Å². The van der Waals surface area contributed by atoms with Crippen LogP contribution in [0.3, 0.4) is 0 Å². The van der Waals surface area contributed by atoms with E-state index in [0.717, 1.165) is 0 Å². The van der Waals surface area contributed by atoms with Gasteiger partial charge in [-0.05, 0) is 17.7 Å². The molecule has 1 aromatic carbocycles. The number of halogens is 2. The standard InChI is InChI=1S/C9H8Cl2O3/c10-6-2-1-3-7(11)5(6)4-8(12)9(13)14/h1-3,8,12H,4H2,(H,13,14). The van der Waals surface area contributed by atoms with Crippen LogP contribution in [0.4, 0.5) is 0 Å². The predicted molar refractivity (Wildman–Crippen MR) is 53.8 cm³/mol. The van der Waals surface area contributed by atoms with E-state index in [2.05, 4.69) is 0 Å². The fraction of sp³-hybridized carbons (Fsp3) is 0.222. The maximum absolute atomic E-state index is 10.4. The smallest absolute Gasteiger partial charge is 0.332 e. The predicted octanol–water partition coefficient (Wildman–Crippen LogP) is 1.98. The van der Waals surface area contributed by atoms with Crippen LogP contribution in [-0.2, 0) is 11.2 Å². The van der Waals surface area contributed by atoms with Gasteiger partial charge >= 0.3 is 5.97 Å². The summed E-state index contributed by atoms with van der Waals surface area (Å²) in [5, 5.41) is 18.3. The zero-order valence-corrected chi connectivity index (χ0v) is 8.59. The molecule has 0 saturated carbocycles. The topological polar surface area (TPSA) is 57.5 Å². The minimum Gasteiger partial charge on any atom is -0.479 e. The van der Waals surface area contributed by atoms with Crippen molar-refractivity contribution in [2.75, 3.05) is 0 Å². The second-order valence-electron chi connectivity index (χ2n) is 2.76. The molecule has 0 aliphatic rings. The molecule has 0 aliphatic carbocycles. The molecule has 0 saturated heterocycles. The summed E-state index contributed by atoms with van der Waals surface area (Å²) in [5.41, 5.74) is 0.450. The molecular weight excluding hydrogens is 227 g/mol. The third kappa shape index (κ3) is 2.61. The number of rotatable bonds is 3. The van der Waals surface area contributed by atoms with Crippen molar-refractivity contribution < 1.29 is 15.0 Å². The second-order valence-corrected chi connectivity index (χ2v) is 3.57. The van der Waals surface area contributed by atoms with Crippen LogP contribution < -0.4 is 0 Å². The molecule has 1 atom stereocenters. The lowest BCUT2D eigenvalue weighted by atomic mass is 10.1. The first kappa shape index (κ1) is 11.3. The number of carboxylic acid groups (broad SMARTS) is 1.